The third kappa shape index (κ3) is 4.70. The molecule has 0 atom stereocenters. The number of carbonyl (C=O) groups is 2. The van der Waals surface area contributed by atoms with Crippen molar-refractivity contribution in [2.75, 3.05) is 6.61 Å². The lowest BCUT2D eigenvalue weighted by Gasteiger charge is -2.07. The lowest BCUT2D eigenvalue weighted by Crippen LogP contribution is -2.11. The summed E-state index contributed by atoms with van der Waals surface area (Å²) in [5, 5.41) is 0.567. The first-order chi connectivity index (χ1) is 14.9. The molecule has 1 aliphatic rings. The first-order valence-corrected chi connectivity index (χ1v) is 10.4. The largest absolute Gasteiger partial charge is 0.485 e. The van der Waals surface area contributed by atoms with Crippen molar-refractivity contribution in [3.05, 3.63) is 99.8 Å². The summed E-state index contributed by atoms with van der Waals surface area (Å²) in [7, 11) is 0. The van der Waals surface area contributed by atoms with Crippen LogP contribution in [0, 0.1) is 0 Å². The number of rotatable bonds is 6. The van der Waals surface area contributed by atoms with Crippen molar-refractivity contribution in [3.63, 3.8) is 0 Å². The summed E-state index contributed by atoms with van der Waals surface area (Å²) in [6.45, 7) is 4.14. The van der Waals surface area contributed by atoms with Crippen molar-refractivity contribution in [1.29, 1.82) is 0 Å². The monoisotopic (exact) mass is 432 g/mol. The van der Waals surface area contributed by atoms with Crippen LogP contribution in [0.1, 0.15) is 51.6 Å². The first kappa shape index (κ1) is 20.9. The number of hydrogen-bond acceptors (Lipinski definition) is 4. The molecular formula is C26H21ClO4. The number of Topliss-reactive ketones (excluding diaryl/α,β-unsaturated/α-hetero) is 2. The van der Waals surface area contributed by atoms with Gasteiger partial charge in [-0.3, -0.25) is 9.59 Å². The van der Waals surface area contributed by atoms with Crippen LogP contribution >= 0.6 is 11.6 Å². The van der Waals surface area contributed by atoms with Gasteiger partial charge in [0.25, 0.3) is 0 Å². The molecule has 4 rings (SSSR count). The second-order valence-corrected chi connectivity index (χ2v) is 8.07. The van der Waals surface area contributed by atoms with Crippen molar-refractivity contribution >= 4 is 29.2 Å². The fourth-order valence-corrected chi connectivity index (χ4v) is 3.38. The number of allylic oxidation sites excluding steroid dienone is 1. The lowest BCUT2D eigenvalue weighted by atomic mass is 10.0. The predicted octanol–water partition coefficient (Wildman–Crippen LogP) is 6.34. The van der Waals surface area contributed by atoms with E-state index in [9.17, 15) is 9.59 Å². The van der Waals surface area contributed by atoms with Crippen LogP contribution in [-0.2, 0) is 0 Å². The Kier molecular flexibility index (Phi) is 5.92. The summed E-state index contributed by atoms with van der Waals surface area (Å²) in [6.07, 6.45) is 1.73. The first-order valence-electron chi connectivity index (χ1n) is 10.0. The second kappa shape index (κ2) is 8.78. The molecule has 0 spiro atoms. The predicted molar refractivity (Wildman–Crippen MR) is 121 cm³/mol. The Morgan fingerprint density at radius 2 is 1.74 bits per heavy atom. The smallest absolute Gasteiger partial charge is 0.231 e. The molecule has 0 aliphatic carbocycles. The van der Waals surface area contributed by atoms with Crippen LogP contribution in [0.3, 0.4) is 0 Å². The van der Waals surface area contributed by atoms with Gasteiger partial charge in [-0.15, -0.1) is 0 Å². The van der Waals surface area contributed by atoms with Crippen LogP contribution in [0.2, 0.25) is 5.02 Å². The third-order valence-electron chi connectivity index (χ3n) is 5.08. The van der Waals surface area contributed by atoms with Gasteiger partial charge in [-0.05, 0) is 59.5 Å². The quantitative estimate of drug-likeness (QED) is 0.337. The average Bonchev–Trinajstić information content (AvgIpc) is 3.07. The van der Waals surface area contributed by atoms with E-state index in [-0.39, 0.29) is 23.9 Å². The highest BCUT2D eigenvalue weighted by Gasteiger charge is 2.27. The number of hydrogen-bond donors (Lipinski definition) is 0. The van der Waals surface area contributed by atoms with Crippen LogP contribution in [0.25, 0.3) is 6.08 Å². The van der Waals surface area contributed by atoms with E-state index >= 15 is 0 Å². The zero-order chi connectivity index (χ0) is 22.0. The van der Waals surface area contributed by atoms with Crippen molar-refractivity contribution < 1.29 is 19.1 Å². The van der Waals surface area contributed by atoms with Gasteiger partial charge in [-0.25, -0.2) is 0 Å². The van der Waals surface area contributed by atoms with Crippen LogP contribution in [-0.4, -0.2) is 18.2 Å². The van der Waals surface area contributed by atoms with Gasteiger partial charge in [-0.1, -0.05) is 49.7 Å². The van der Waals surface area contributed by atoms with Crippen LogP contribution in [0.5, 0.6) is 11.5 Å². The molecule has 0 saturated heterocycles. The molecule has 1 heterocycles. The van der Waals surface area contributed by atoms with Crippen molar-refractivity contribution in [2.24, 2.45) is 0 Å². The molecule has 0 unspecified atom stereocenters. The summed E-state index contributed by atoms with van der Waals surface area (Å²) in [5.41, 5.74) is 3.12. The number of ketones is 2. The highest BCUT2D eigenvalue weighted by Crippen LogP contribution is 2.35. The number of benzene rings is 3. The van der Waals surface area contributed by atoms with Crippen LogP contribution in [0.4, 0.5) is 0 Å². The minimum absolute atomic E-state index is 0.126. The van der Waals surface area contributed by atoms with E-state index in [4.69, 9.17) is 21.1 Å². The highest BCUT2D eigenvalue weighted by molar-refractivity contribution is 6.30. The summed E-state index contributed by atoms with van der Waals surface area (Å²) in [6, 6.07) is 19.6. The molecule has 4 nitrogen and oxygen atoms in total. The molecule has 0 saturated carbocycles. The summed E-state index contributed by atoms with van der Waals surface area (Å²) in [4.78, 5) is 24.9. The Balaban J connectivity index is 1.45. The van der Waals surface area contributed by atoms with E-state index in [1.165, 1.54) is 5.56 Å². The van der Waals surface area contributed by atoms with Gasteiger partial charge >= 0.3 is 0 Å². The number of ether oxygens (including phenoxy) is 2. The highest BCUT2D eigenvalue weighted by atomic mass is 35.5. The summed E-state index contributed by atoms with van der Waals surface area (Å²) in [5.74, 6) is 1.25. The Labute approximate surface area is 186 Å². The average molecular weight is 433 g/mol. The number of halogens is 1. The van der Waals surface area contributed by atoms with Gasteiger partial charge in [0.15, 0.2) is 18.1 Å². The molecule has 0 bridgehead atoms. The van der Waals surface area contributed by atoms with E-state index in [1.54, 1.807) is 48.5 Å². The Morgan fingerprint density at radius 3 is 2.42 bits per heavy atom. The number of fused-ring (bicyclic) bond motifs is 1. The molecule has 0 amide bonds. The SMILES string of the molecule is CC(C)c1ccc(C=C2Oc3cc(OCC(=O)c4ccc(Cl)cc4)ccc3C2=O)cc1. The fourth-order valence-electron chi connectivity index (χ4n) is 3.25. The zero-order valence-electron chi connectivity index (χ0n) is 17.2. The maximum Gasteiger partial charge on any atom is 0.231 e. The molecule has 156 valence electrons. The van der Waals surface area contributed by atoms with Crippen molar-refractivity contribution in [1.82, 2.24) is 0 Å². The summed E-state index contributed by atoms with van der Waals surface area (Å²) >= 11 is 5.85. The van der Waals surface area contributed by atoms with Gasteiger partial charge in [0, 0.05) is 16.7 Å². The molecule has 3 aromatic rings. The van der Waals surface area contributed by atoms with E-state index < -0.39 is 0 Å². The van der Waals surface area contributed by atoms with Crippen molar-refractivity contribution in [2.45, 2.75) is 19.8 Å². The molecular weight excluding hydrogens is 412 g/mol. The van der Waals surface area contributed by atoms with Gasteiger partial charge in [0.1, 0.15) is 11.5 Å². The Morgan fingerprint density at radius 1 is 1.03 bits per heavy atom. The molecule has 1 aliphatic heterocycles. The van der Waals surface area contributed by atoms with E-state index in [0.29, 0.717) is 33.6 Å². The molecule has 5 heteroatoms. The topological polar surface area (TPSA) is 52.6 Å². The van der Waals surface area contributed by atoms with Gasteiger partial charge in [-0.2, -0.15) is 0 Å². The lowest BCUT2D eigenvalue weighted by molar-refractivity contribution is 0.0921. The maximum absolute atomic E-state index is 12.7. The molecule has 31 heavy (non-hydrogen) atoms. The third-order valence-corrected chi connectivity index (χ3v) is 5.33. The minimum atomic E-state index is -0.174. The van der Waals surface area contributed by atoms with Crippen molar-refractivity contribution in [3.8, 4) is 11.5 Å². The Hall–Kier alpha value is -3.37. The molecule has 3 aromatic carbocycles. The van der Waals surface area contributed by atoms with E-state index in [2.05, 4.69) is 13.8 Å². The molecule has 0 radical (unpaired) electrons. The standard InChI is InChI=1S/C26H21ClO4/c1-16(2)18-5-3-17(4-6-18)13-25-26(29)22-12-11-21(14-24(22)31-25)30-15-23(28)19-7-9-20(27)10-8-19/h3-14,16H,15H2,1-2H3. The molecule has 0 N–H and O–H groups in total. The van der Waals surface area contributed by atoms with E-state index in [1.807, 2.05) is 24.3 Å². The van der Waals surface area contributed by atoms with E-state index in [0.717, 1.165) is 5.56 Å². The van der Waals surface area contributed by atoms with Gasteiger partial charge in [0.2, 0.25) is 5.78 Å². The summed E-state index contributed by atoms with van der Waals surface area (Å²) < 4.78 is 11.4. The van der Waals surface area contributed by atoms with Gasteiger partial charge in [0.05, 0.1) is 5.56 Å². The normalized spacial score (nSPS) is 13.9. The number of carbonyl (C=O) groups excluding carboxylic acids is 2. The molecule has 0 fully saturated rings. The van der Waals surface area contributed by atoms with Crippen LogP contribution in [0.15, 0.2) is 72.5 Å². The zero-order valence-corrected chi connectivity index (χ0v) is 18.0. The minimum Gasteiger partial charge on any atom is -0.485 e. The van der Waals surface area contributed by atoms with Gasteiger partial charge < -0.3 is 9.47 Å². The fraction of sp³-hybridized carbons (Fsp3) is 0.154. The van der Waals surface area contributed by atoms with Crippen LogP contribution < -0.4 is 9.47 Å². The molecule has 0 aromatic heterocycles. The maximum atomic E-state index is 12.7. The Bertz CT molecular complexity index is 1160. The second-order valence-electron chi connectivity index (χ2n) is 7.64.